The first-order chi connectivity index (χ1) is 9.68. The molecule has 0 N–H and O–H groups in total. The maximum Gasteiger partial charge on any atom is 0.316 e. The summed E-state index contributed by atoms with van der Waals surface area (Å²) in [6.45, 7) is 9.58. The molecule has 0 bridgehead atoms. The monoisotopic (exact) mass is 312 g/mol. The van der Waals surface area contributed by atoms with E-state index in [0.29, 0.717) is 10.8 Å². The Kier molecular flexibility index (Phi) is 5.83. The summed E-state index contributed by atoms with van der Waals surface area (Å²) in [4.78, 5) is 12.0. The van der Waals surface area contributed by atoms with Crippen molar-refractivity contribution < 1.29 is 14.3 Å². The van der Waals surface area contributed by atoms with E-state index in [9.17, 15) is 4.79 Å². The summed E-state index contributed by atoms with van der Waals surface area (Å²) in [5.41, 5.74) is -0.0383. The Morgan fingerprint density at radius 1 is 1.14 bits per heavy atom. The normalized spacial score (nSPS) is 12.3. The van der Waals surface area contributed by atoms with Gasteiger partial charge in [-0.25, -0.2) is 0 Å². The zero-order valence-corrected chi connectivity index (χ0v) is 14.5. The van der Waals surface area contributed by atoms with E-state index >= 15 is 0 Å². The molecule has 0 unspecified atom stereocenters. The largest absolute Gasteiger partial charge is 0.426 e. The van der Waals surface area contributed by atoms with E-state index < -0.39 is 11.0 Å². The van der Waals surface area contributed by atoms with Crippen LogP contribution in [0.2, 0.25) is 5.02 Å². The van der Waals surface area contributed by atoms with Crippen LogP contribution in [0, 0.1) is 5.41 Å². The summed E-state index contributed by atoms with van der Waals surface area (Å²) >= 11 is 6.18. The van der Waals surface area contributed by atoms with Crippen LogP contribution in [0.1, 0.15) is 53.0 Å². The van der Waals surface area contributed by atoms with Crippen molar-refractivity contribution in [2.75, 3.05) is 7.11 Å². The highest BCUT2D eigenvalue weighted by molar-refractivity contribution is 6.30. The zero-order chi connectivity index (χ0) is 16.3. The topological polar surface area (TPSA) is 35.5 Å². The van der Waals surface area contributed by atoms with Gasteiger partial charge in [0.05, 0.1) is 11.0 Å². The molecule has 0 amide bonds. The number of methoxy groups -OCH3 is 1. The van der Waals surface area contributed by atoms with E-state index in [2.05, 4.69) is 13.8 Å². The fraction of sp³-hybridized carbons (Fsp3) is 0.588. The third-order valence-corrected chi connectivity index (χ3v) is 3.97. The summed E-state index contributed by atoms with van der Waals surface area (Å²) in [6.07, 6.45) is 1.62. The van der Waals surface area contributed by atoms with E-state index in [1.807, 2.05) is 32.9 Å². The van der Waals surface area contributed by atoms with Crippen LogP contribution < -0.4 is 4.74 Å². The molecule has 0 aliphatic heterocycles. The average molecular weight is 313 g/mol. The number of ether oxygens (including phenoxy) is 2. The summed E-state index contributed by atoms with van der Waals surface area (Å²) in [6, 6.07) is 5.36. The molecule has 1 aromatic rings. The SMILES string of the molecule is CCC(CC)(OC)c1cc(Cl)cc(OC(=O)C(C)(C)C)c1. The van der Waals surface area contributed by atoms with Crippen molar-refractivity contribution in [2.45, 2.75) is 53.1 Å². The molecule has 0 aromatic heterocycles. The molecule has 1 rings (SSSR count). The predicted octanol–water partition coefficient (Wildman–Crippen LogP) is 4.95. The molecule has 0 atom stereocenters. The van der Waals surface area contributed by atoms with Crippen molar-refractivity contribution in [3.63, 3.8) is 0 Å². The Hall–Kier alpha value is -1.06. The third kappa shape index (κ3) is 4.21. The molecule has 4 heteroatoms. The van der Waals surface area contributed by atoms with Gasteiger partial charge in [0.2, 0.25) is 0 Å². The molecule has 0 saturated heterocycles. The van der Waals surface area contributed by atoms with E-state index in [0.717, 1.165) is 18.4 Å². The van der Waals surface area contributed by atoms with Gasteiger partial charge in [-0.05, 0) is 57.4 Å². The second-order valence-electron chi connectivity index (χ2n) is 6.22. The van der Waals surface area contributed by atoms with Gasteiger partial charge in [-0.1, -0.05) is 25.4 Å². The number of benzene rings is 1. The van der Waals surface area contributed by atoms with Gasteiger partial charge in [0.1, 0.15) is 5.75 Å². The van der Waals surface area contributed by atoms with Crippen LogP contribution >= 0.6 is 11.6 Å². The third-order valence-electron chi connectivity index (χ3n) is 3.75. The summed E-state index contributed by atoms with van der Waals surface area (Å²) in [5.74, 6) is 0.174. The number of halogens is 1. The van der Waals surface area contributed by atoms with Gasteiger partial charge in [-0.2, -0.15) is 0 Å². The lowest BCUT2D eigenvalue weighted by molar-refractivity contribution is -0.143. The number of hydrogen-bond acceptors (Lipinski definition) is 3. The Bertz CT molecular complexity index is 491. The Labute approximate surface area is 132 Å². The van der Waals surface area contributed by atoms with Gasteiger partial charge in [-0.3, -0.25) is 4.79 Å². The fourth-order valence-corrected chi connectivity index (χ4v) is 2.43. The molecule has 0 radical (unpaired) electrons. The van der Waals surface area contributed by atoms with Gasteiger partial charge in [0, 0.05) is 12.1 Å². The van der Waals surface area contributed by atoms with Gasteiger partial charge in [-0.15, -0.1) is 0 Å². The van der Waals surface area contributed by atoms with Crippen LogP contribution in [0.15, 0.2) is 18.2 Å². The highest BCUT2D eigenvalue weighted by Crippen LogP contribution is 2.36. The molecule has 0 heterocycles. The van der Waals surface area contributed by atoms with Crippen molar-refractivity contribution >= 4 is 17.6 Å². The number of carbonyl (C=O) groups excluding carboxylic acids is 1. The second kappa shape index (κ2) is 6.80. The van der Waals surface area contributed by atoms with E-state index in [-0.39, 0.29) is 5.97 Å². The first kappa shape index (κ1) is 18.0. The van der Waals surface area contributed by atoms with Gasteiger partial charge in [0.25, 0.3) is 0 Å². The lowest BCUT2D eigenvalue weighted by atomic mass is 9.88. The summed E-state index contributed by atoms with van der Waals surface area (Å²) in [5, 5.41) is 0.535. The lowest BCUT2D eigenvalue weighted by Crippen LogP contribution is -2.28. The number of rotatable bonds is 5. The Morgan fingerprint density at radius 2 is 1.71 bits per heavy atom. The van der Waals surface area contributed by atoms with E-state index in [1.165, 1.54) is 0 Å². The molecule has 0 fully saturated rings. The van der Waals surface area contributed by atoms with Crippen LogP contribution in [-0.2, 0) is 15.1 Å². The summed E-state index contributed by atoms with van der Waals surface area (Å²) < 4.78 is 11.2. The minimum Gasteiger partial charge on any atom is -0.426 e. The first-order valence-electron chi connectivity index (χ1n) is 7.27. The minimum atomic E-state index is -0.559. The zero-order valence-electron chi connectivity index (χ0n) is 13.7. The van der Waals surface area contributed by atoms with Gasteiger partial charge >= 0.3 is 5.97 Å². The molecule has 0 aliphatic carbocycles. The molecule has 0 aliphatic rings. The second-order valence-corrected chi connectivity index (χ2v) is 6.66. The minimum absolute atomic E-state index is 0.285. The average Bonchev–Trinajstić information content (AvgIpc) is 2.39. The van der Waals surface area contributed by atoms with Crippen molar-refractivity contribution in [3.8, 4) is 5.75 Å². The van der Waals surface area contributed by atoms with Crippen molar-refractivity contribution in [2.24, 2.45) is 5.41 Å². The molecule has 3 nitrogen and oxygen atoms in total. The molecular formula is C17H25ClO3. The van der Waals surface area contributed by atoms with Gasteiger partial charge in [0.15, 0.2) is 0 Å². The Balaban J connectivity index is 3.19. The first-order valence-corrected chi connectivity index (χ1v) is 7.65. The smallest absolute Gasteiger partial charge is 0.316 e. The molecule has 0 saturated carbocycles. The maximum atomic E-state index is 12.0. The van der Waals surface area contributed by atoms with E-state index in [4.69, 9.17) is 21.1 Å². The summed E-state index contributed by atoms with van der Waals surface area (Å²) in [7, 11) is 1.69. The molecular weight excluding hydrogens is 288 g/mol. The lowest BCUT2D eigenvalue weighted by Gasteiger charge is -2.31. The molecule has 118 valence electrons. The van der Waals surface area contributed by atoms with Crippen molar-refractivity contribution in [1.29, 1.82) is 0 Å². The fourth-order valence-electron chi connectivity index (χ4n) is 2.21. The highest BCUT2D eigenvalue weighted by atomic mass is 35.5. The van der Waals surface area contributed by atoms with Crippen LogP contribution in [0.3, 0.4) is 0 Å². The van der Waals surface area contributed by atoms with Crippen molar-refractivity contribution in [3.05, 3.63) is 28.8 Å². The molecule has 1 aromatic carbocycles. The van der Waals surface area contributed by atoms with Crippen LogP contribution in [0.4, 0.5) is 0 Å². The van der Waals surface area contributed by atoms with E-state index in [1.54, 1.807) is 13.2 Å². The number of esters is 1. The highest BCUT2D eigenvalue weighted by Gasteiger charge is 2.30. The quantitative estimate of drug-likeness (QED) is 0.570. The Morgan fingerprint density at radius 3 is 2.14 bits per heavy atom. The predicted molar refractivity (Wildman–Crippen MR) is 85.8 cm³/mol. The maximum absolute atomic E-state index is 12.0. The van der Waals surface area contributed by atoms with Crippen LogP contribution in [0.25, 0.3) is 0 Å². The standard InChI is InChI=1S/C17H25ClO3/c1-7-17(8-2,20-6)12-9-13(18)11-14(10-12)21-15(19)16(3,4)5/h9-11H,7-8H2,1-6H3. The van der Waals surface area contributed by atoms with Crippen LogP contribution in [0.5, 0.6) is 5.75 Å². The number of carbonyl (C=O) groups is 1. The molecule has 21 heavy (non-hydrogen) atoms. The van der Waals surface area contributed by atoms with Crippen LogP contribution in [-0.4, -0.2) is 13.1 Å². The number of hydrogen-bond donors (Lipinski definition) is 0. The van der Waals surface area contributed by atoms with Gasteiger partial charge < -0.3 is 9.47 Å². The molecule has 0 spiro atoms. The van der Waals surface area contributed by atoms with Crippen molar-refractivity contribution in [1.82, 2.24) is 0 Å².